The number of rotatable bonds is 4. The number of imide groups is 1. The smallest absolute Gasteiger partial charge is 0.325 e. The van der Waals surface area contributed by atoms with Crippen LogP contribution < -0.4 is 10.6 Å². The Balaban J connectivity index is 1.74. The summed E-state index contributed by atoms with van der Waals surface area (Å²) in [7, 11) is 0. The molecule has 2 N–H and O–H groups in total. The topological polar surface area (TPSA) is 78.5 Å². The summed E-state index contributed by atoms with van der Waals surface area (Å²) in [5.41, 5.74) is 2.19. The number of anilines is 1. The molecular weight excluding hydrogens is 330 g/mol. The van der Waals surface area contributed by atoms with Crippen molar-refractivity contribution >= 4 is 23.5 Å². The van der Waals surface area contributed by atoms with Gasteiger partial charge < -0.3 is 10.6 Å². The van der Waals surface area contributed by atoms with Crippen molar-refractivity contribution in [2.75, 3.05) is 11.9 Å². The zero-order chi connectivity index (χ0) is 18.9. The third kappa shape index (κ3) is 3.31. The Labute approximate surface area is 152 Å². The van der Waals surface area contributed by atoms with E-state index < -0.39 is 23.4 Å². The Morgan fingerprint density at radius 2 is 1.69 bits per heavy atom. The maximum Gasteiger partial charge on any atom is 0.325 e. The quantitative estimate of drug-likeness (QED) is 0.832. The predicted molar refractivity (Wildman–Crippen MR) is 98.6 cm³/mol. The van der Waals surface area contributed by atoms with E-state index in [1.54, 1.807) is 31.2 Å². The Morgan fingerprint density at radius 3 is 2.31 bits per heavy atom. The van der Waals surface area contributed by atoms with Crippen LogP contribution >= 0.6 is 0 Å². The van der Waals surface area contributed by atoms with Gasteiger partial charge in [0.1, 0.15) is 12.1 Å². The first-order chi connectivity index (χ1) is 12.3. The van der Waals surface area contributed by atoms with Crippen LogP contribution in [0.4, 0.5) is 10.5 Å². The van der Waals surface area contributed by atoms with Crippen molar-refractivity contribution in [1.29, 1.82) is 0 Å². The number of urea groups is 1. The summed E-state index contributed by atoms with van der Waals surface area (Å²) in [5.74, 6) is -0.861. The molecule has 0 unspecified atom stereocenters. The van der Waals surface area contributed by atoms with Crippen LogP contribution in [0.5, 0.6) is 0 Å². The zero-order valence-electron chi connectivity index (χ0n) is 15.0. The third-order valence-corrected chi connectivity index (χ3v) is 4.43. The lowest BCUT2D eigenvalue weighted by atomic mass is 9.92. The van der Waals surface area contributed by atoms with E-state index >= 15 is 0 Å². The van der Waals surface area contributed by atoms with Crippen molar-refractivity contribution in [2.24, 2.45) is 0 Å². The SMILES string of the molecule is Cc1cc(C)cc(NC(=O)CN2C(=O)N[C@@](C)(c3ccccc3)C2=O)c1. The number of amides is 4. The van der Waals surface area contributed by atoms with Gasteiger partial charge >= 0.3 is 6.03 Å². The Morgan fingerprint density at radius 1 is 1.08 bits per heavy atom. The van der Waals surface area contributed by atoms with Gasteiger partial charge in [-0.1, -0.05) is 36.4 Å². The molecule has 3 rings (SSSR count). The molecule has 0 spiro atoms. The normalized spacial score (nSPS) is 19.4. The molecule has 1 atom stereocenters. The highest BCUT2D eigenvalue weighted by molar-refractivity contribution is 6.10. The Kier molecular flexibility index (Phi) is 4.50. The zero-order valence-corrected chi connectivity index (χ0v) is 15.0. The molecule has 0 aliphatic carbocycles. The molecule has 0 bridgehead atoms. The molecule has 4 amide bonds. The molecular formula is C20H21N3O3. The Hall–Kier alpha value is -3.15. The van der Waals surface area contributed by atoms with Crippen LogP contribution in [-0.2, 0) is 15.1 Å². The number of aryl methyl sites for hydroxylation is 2. The molecule has 1 aliphatic rings. The van der Waals surface area contributed by atoms with Gasteiger partial charge in [-0.3, -0.25) is 14.5 Å². The van der Waals surface area contributed by atoms with Gasteiger partial charge in [-0.15, -0.1) is 0 Å². The summed E-state index contributed by atoms with van der Waals surface area (Å²) in [6.07, 6.45) is 0. The number of carbonyl (C=O) groups is 3. The van der Waals surface area contributed by atoms with Crippen LogP contribution in [0, 0.1) is 13.8 Å². The lowest BCUT2D eigenvalue weighted by Gasteiger charge is -2.22. The van der Waals surface area contributed by atoms with E-state index in [-0.39, 0.29) is 6.54 Å². The van der Waals surface area contributed by atoms with Crippen LogP contribution in [0.25, 0.3) is 0 Å². The molecule has 1 heterocycles. The minimum absolute atomic E-state index is 0.333. The van der Waals surface area contributed by atoms with Gasteiger partial charge in [-0.25, -0.2) is 4.79 Å². The second-order valence-electron chi connectivity index (χ2n) is 6.74. The van der Waals surface area contributed by atoms with Gasteiger partial charge in [-0.05, 0) is 49.6 Å². The van der Waals surface area contributed by atoms with Crippen LogP contribution in [0.1, 0.15) is 23.6 Å². The van der Waals surface area contributed by atoms with Crippen LogP contribution in [0.2, 0.25) is 0 Å². The van der Waals surface area contributed by atoms with Gasteiger partial charge in [0.2, 0.25) is 5.91 Å². The number of nitrogens with zero attached hydrogens (tertiary/aromatic N) is 1. The van der Waals surface area contributed by atoms with Crippen LogP contribution in [0.15, 0.2) is 48.5 Å². The first-order valence-electron chi connectivity index (χ1n) is 8.37. The average Bonchev–Trinajstić information content (AvgIpc) is 2.79. The van der Waals surface area contributed by atoms with Gasteiger partial charge in [-0.2, -0.15) is 0 Å². The summed E-state index contributed by atoms with van der Waals surface area (Å²) >= 11 is 0. The predicted octanol–water partition coefficient (Wildman–Crippen LogP) is 2.71. The van der Waals surface area contributed by atoms with E-state index in [9.17, 15) is 14.4 Å². The molecule has 0 radical (unpaired) electrons. The summed E-state index contributed by atoms with van der Waals surface area (Å²) in [6, 6.07) is 14.1. The third-order valence-electron chi connectivity index (χ3n) is 4.43. The average molecular weight is 351 g/mol. The van der Waals surface area contributed by atoms with E-state index in [2.05, 4.69) is 10.6 Å². The van der Waals surface area contributed by atoms with E-state index in [1.807, 2.05) is 38.1 Å². The van der Waals surface area contributed by atoms with Crippen molar-refractivity contribution < 1.29 is 14.4 Å². The molecule has 1 fully saturated rings. The van der Waals surface area contributed by atoms with Crippen molar-refractivity contribution in [2.45, 2.75) is 26.3 Å². The lowest BCUT2D eigenvalue weighted by molar-refractivity contribution is -0.133. The highest BCUT2D eigenvalue weighted by Gasteiger charge is 2.49. The molecule has 0 aromatic heterocycles. The monoisotopic (exact) mass is 351 g/mol. The second-order valence-corrected chi connectivity index (χ2v) is 6.74. The largest absolute Gasteiger partial charge is 0.325 e. The van der Waals surface area contributed by atoms with Crippen molar-refractivity contribution in [1.82, 2.24) is 10.2 Å². The molecule has 6 heteroatoms. The van der Waals surface area contributed by atoms with Crippen molar-refractivity contribution in [3.05, 3.63) is 65.2 Å². The standard InChI is InChI=1S/C20H21N3O3/c1-13-9-14(2)11-16(10-13)21-17(24)12-23-18(25)20(3,22-19(23)26)15-7-5-4-6-8-15/h4-11H,12H2,1-3H3,(H,21,24)(H,22,26)/t20-/m0/s1. The maximum atomic E-state index is 12.8. The van der Waals surface area contributed by atoms with Gasteiger partial charge in [0.05, 0.1) is 0 Å². The van der Waals surface area contributed by atoms with Gasteiger partial charge in [0.25, 0.3) is 5.91 Å². The molecule has 1 saturated heterocycles. The van der Waals surface area contributed by atoms with Gasteiger partial charge in [0, 0.05) is 5.69 Å². The van der Waals surface area contributed by atoms with E-state index in [0.29, 0.717) is 11.3 Å². The minimum Gasteiger partial charge on any atom is -0.325 e. The highest BCUT2D eigenvalue weighted by atomic mass is 16.2. The van der Waals surface area contributed by atoms with E-state index in [0.717, 1.165) is 16.0 Å². The van der Waals surface area contributed by atoms with E-state index in [4.69, 9.17) is 0 Å². The molecule has 26 heavy (non-hydrogen) atoms. The van der Waals surface area contributed by atoms with Crippen molar-refractivity contribution in [3.63, 3.8) is 0 Å². The fourth-order valence-electron chi connectivity index (χ4n) is 3.20. The second kappa shape index (κ2) is 6.63. The number of nitrogens with one attached hydrogen (secondary N) is 2. The molecule has 0 saturated carbocycles. The molecule has 1 aliphatic heterocycles. The molecule has 2 aromatic carbocycles. The summed E-state index contributed by atoms with van der Waals surface area (Å²) in [6.45, 7) is 5.18. The number of carbonyl (C=O) groups excluding carboxylic acids is 3. The summed E-state index contributed by atoms with van der Waals surface area (Å²) < 4.78 is 0. The maximum absolute atomic E-state index is 12.8. The number of hydrogen-bond acceptors (Lipinski definition) is 3. The molecule has 2 aromatic rings. The molecule has 134 valence electrons. The van der Waals surface area contributed by atoms with Crippen molar-refractivity contribution in [3.8, 4) is 0 Å². The first kappa shape index (κ1) is 17.7. The summed E-state index contributed by atoms with van der Waals surface area (Å²) in [4.78, 5) is 38.4. The van der Waals surface area contributed by atoms with Crippen LogP contribution in [-0.4, -0.2) is 29.3 Å². The summed E-state index contributed by atoms with van der Waals surface area (Å²) in [5, 5.41) is 5.44. The number of hydrogen-bond donors (Lipinski definition) is 2. The first-order valence-corrected chi connectivity index (χ1v) is 8.37. The fourth-order valence-corrected chi connectivity index (χ4v) is 3.20. The van der Waals surface area contributed by atoms with Gasteiger partial charge in [0.15, 0.2) is 0 Å². The minimum atomic E-state index is -1.17. The fraction of sp³-hybridized carbons (Fsp3) is 0.250. The number of benzene rings is 2. The Bertz CT molecular complexity index is 859. The lowest BCUT2D eigenvalue weighted by Crippen LogP contribution is -2.42. The highest BCUT2D eigenvalue weighted by Crippen LogP contribution is 2.28. The molecule has 6 nitrogen and oxygen atoms in total. The van der Waals surface area contributed by atoms with E-state index in [1.165, 1.54) is 0 Å². The van der Waals surface area contributed by atoms with Crippen LogP contribution in [0.3, 0.4) is 0 Å².